The molecule has 4 rings (SSSR count). The number of piperidine rings is 1. The maximum atomic E-state index is 12.8. The van der Waals surface area contributed by atoms with Gasteiger partial charge in [0.1, 0.15) is 0 Å². The Morgan fingerprint density at radius 3 is 2.32 bits per heavy atom. The Hall–Kier alpha value is -4.11. The van der Waals surface area contributed by atoms with E-state index in [1.807, 2.05) is 12.1 Å². The number of carbonyl (C=O) groups is 3. The summed E-state index contributed by atoms with van der Waals surface area (Å²) in [6, 6.07) is 15.2. The van der Waals surface area contributed by atoms with Crippen LogP contribution in [0.4, 0.5) is 27.5 Å². The Balaban J connectivity index is 1.36. The molecule has 3 N–H and O–H groups in total. The lowest BCUT2D eigenvalue weighted by Crippen LogP contribution is -2.35. The van der Waals surface area contributed by atoms with E-state index in [-0.39, 0.29) is 11.8 Å². The number of nitrogens with one attached hydrogen (secondary N) is 3. The van der Waals surface area contributed by atoms with Crippen LogP contribution in [0.5, 0.6) is 0 Å². The molecule has 2 aromatic carbocycles. The number of halogens is 1. The van der Waals surface area contributed by atoms with E-state index in [2.05, 4.69) is 25.8 Å². The first kappa shape index (κ1) is 26.0. The van der Waals surface area contributed by atoms with Gasteiger partial charge in [0.2, 0.25) is 5.91 Å². The summed E-state index contributed by atoms with van der Waals surface area (Å²) in [5.74, 6) is -0.394. The van der Waals surface area contributed by atoms with Gasteiger partial charge in [0, 0.05) is 54.4 Å². The molecule has 192 valence electrons. The van der Waals surface area contributed by atoms with Gasteiger partial charge >= 0.3 is 6.09 Å². The highest BCUT2D eigenvalue weighted by Gasteiger charge is 2.21. The second-order valence-electron chi connectivity index (χ2n) is 8.76. The summed E-state index contributed by atoms with van der Waals surface area (Å²) >= 11 is 5.91. The minimum Gasteiger partial charge on any atom is -0.449 e. The van der Waals surface area contributed by atoms with E-state index in [1.165, 1.54) is 6.92 Å². The number of carbonyl (C=O) groups excluding carboxylic acids is 3. The minimum absolute atomic E-state index is 0.259. The molecule has 3 aromatic rings. The second kappa shape index (κ2) is 12.2. The third-order valence-electron chi connectivity index (χ3n) is 6.02. The highest BCUT2D eigenvalue weighted by Crippen LogP contribution is 2.28. The Kier molecular flexibility index (Phi) is 8.58. The lowest BCUT2D eigenvalue weighted by atomic mass is 9.97. The van der Waals surface area contributed by atoms with Gasteiger partial charge in [-0.2, -0.15) is 0 Å². The normalized spacial score (nSPS) is 13.5. The number of hydrogen-bond acceptors (Lipinski definition) is 6. The Morgan fingerprint density at radius 2 is 1.65 bits per heavy atom. The van der Waals surface area contributed by atoms with Crippen molar-refractivity contribution < 1.29 is 19.1 Å². The highest BCUT2D eigenvalue weighted by atomic mass is 35.5. The monoisotopic (exact) mass is 521 g/mol. The summed E-state index contributed by atoms with van der Waals surface area (Å²) in [6.07, 6.45) is 4.76. The van der Waals surface area contributed by atoms with E-state index in [0.29, 0.717) is 34.3 Å². The first-order valence-electron chi connectivity index (χ1n) is 11.9. The minimum atomic E-state index is -0.620. The molecule has 1 aliphatic heterocycles. The number of nitrogens with zero attached hydrogens (tertiary/aromatic N) is 2. The van der Waals surface area contributed by atoms with Crippen molar-refractivity contribution in [2.24, 2.45) is 5.92 Å². The number of hydrogen-bond donors (Lipinski definition) is 3. The van der Waals surface area contributed by atoms with Gasteiger partial charge < -0.3 is 20.3 Å². The highest BCUT2D eigenvalue weighted by molar-refractivity contribution is 6.30. The molecule has 9 nitrogen and oxygen atoms in total. The fourth-order valence-electron chi connectivity index (χ4n) is 4.09. The van der Waals surface area contributed by atoms with Crippen molar-refractivity contribution >= 4 is 52.3 Å². The standard InChI is InChI=1S/C27H28ClN5O4/c1-18(34)30-22-6-7-24(25(16-22)31-26(35)20-2-4-21(28)5-3-20)32-27(36)37-17-19-10-14-33(15-11-19)23-8-12-29-13-9-23/h2-9,12-13,16,19H,10-11,14-15,17H2,1H3,(H,30,34)(H,31,35)(H,32,36). The average molecular weight is 522 g/mol. The summed E-state index contributed by atoms with van der Waals surface area (Å²) in [5.41, 5.74) is 2.66. The molecule has 0 aliphatic carbocycles. The molecule has 0 radical (unpaired) electrons. The maximum absolute atomic E-state index is 12.8. The van der Waals surface area contributed by atoms with Crippen LogP contribution in [-0.4, -0.2) is 42.6 Å². The van der Waals surface area contributed by atoms with Crippen LogP contribution in [-0.2, 0) is 9.53 Å². The molecule has 0 spiro atoms. The van der Waals surface area contributed by atoms with Gasteiger partial charge in [0.05, 0.1) is 18.0 Å². The molecule has 0 bridgehead atoms. The van der Waals surface area contributed by atoms with E-state index < -0.39 is 12.0 Å². The zero-order chi connectivity index (χ0) is 26.2. The summed E-state index contributed by atoms with van der Waals surface area (Å²) in [5, 5.41) is 8.66. The third kappa shape index (κ3) is 7.44. The van der Waals surface area contributed by atoms with Crippen LogP contribution < -0.4 is 20.9 Å². The van der Waals surface area contributed by atoms with Crippen LogP contribution in [0.1, 0.15) is 30.1 Å². The van der Waals surface area contributed by atoms with Crippen molar-refractivity contribution in [3.05, 3.63) is 77.6 Å². The average Bonchev–Trinajstić information content (AvgIpc) is 2.90. The summed E-state index contributed by atoms with van der Waals surface area (Å²) in [4.78, 5) is 43.2. The summed E-state index contributed by atoms with van der Waals surface area (Å²) < 4.78 is 5.50. The Bertz CT molecular complexity index is 1250. The zero-order valence-electron chi connectivity index (χ0n) is 20.4. The number of rotatable bonds is 7. The van der Waals surface area contributed by atoms with Crippen molar-refractivity contribution in [1.82, 2.24) is 4.98 Å². The third-order valence-corrected chi connectivity index (χ3v) is 6.28. The molecule has 37 heavy (non-hydrogen) atoms. The SMILES string of the molecule is CC(=O)Nc1ccc(NC(=O)OCC2CCN(c3ccncc3)CC2)c(NC(=O)c2ccc(Cl)cc2)c1. The van der Waals surface area contributed by atoms with Crippen LogP contribution >= 0.6 is 11.6 Å². The predicted molar refractivity (Wildman–Crippen MR) is 144 cm³/mol. The summed E-state index contributed by atoms with van der Waals surface area (Å²) in [7, 11) is 0. The first-order chi connectivity index (χ1) is 17.9. The molecule has 10 heteroatoms. The van der Waals surface area contributed by atoms with Crippen molar-refractivity contribution in [3.63, 3.8) is 0 Å². The topological polar surface area (TPSA) is 113 Å². The van der Waals surface area contributed by atoms with Crippen molar-refractivity contribution in [1.29, 1.82) is 0 Å². The van der Waals surface area contributed by atoms with E-state index in [9.17, 15) is 14.4 Å². The number of benzene rings is 2. The van der Waals surface area contributed by atoms with Crippen LogP contribution in [0.3, 0.4) is 0 Å². The number of pyridine rings is 1. The molecule has 1 saturated heterocycles. The van der Waals surface area contributed by atoms with Crippen molar-refractivity contribution in [2.75, 3.05) is 40.5 Å². The lowest BCUT2D eigenvalue weighted by Gasteiger charge is -2.33. The Labute approximate surface area is 220 Å². The van der Waals surface area contributed by atoms with Gasteiger partial charge in [-0.25, -0.2) is 4.79 Å². The van der Waals surface area contributed by atoms with E-state index in [1.54, 1.807) is 54.9 Å². The van der Waals surface area contributed by atoms with Gasteiger partial charge in [-0.05, 0) is 73.4 Å². The molecule has 1 aromatic heterocycles. The molecule has 1 fully saturated rings. The molecule has 2 heterocycles. The zero-order valence-corrected chi connectivity index (χ0v) is 21.1. The fraction of sp³-hybridized carbons (Fsp3) is 0.259. The van der Waals surface area contributed by atoms with Gasteiger partial charge in [-0.3, -0.25) is 19.9 Å². The maximum Gasteiger partial charge on any atom is 0.411 e. The van der Waals surface area contributed by atoms with Crippen LogP contribution in [0.2, 0.25) is 5.02 Å². The van der Waals surface area contributed by atoms with E-state index in [0.717, 1.165) is 31.6 Å². The predicted octanol–water partition coefficient (Wildman–Crippen LogP) is 5.41. The van der Waals surface area contributed by atoms with E-state index >= 15 is 0 Å². The van der Waals surface area contributed by atoms with Gasteiger partial charge in [0.15, 0.2) is 0 Å². The van der Waals surface area contributed by atoms with Gasteiger partial charge in [0.25, 0.3) is 5.91 Å². The summed E-state index contributed by atoms with van der Waals surface area (Å²) in [6.45, 7) is 3.44. The molecule has 3 amide bonds. The van der Waals surface area contributed by atoms with Gasteiger partial charge in [-0.1, -0.05) is 11.6 Å². The molecule has 1 aliphatic rings. The number of amides is 3. The molecule has 0 saturated carbocycles. The molecular formula is C27H28ClN5O4. The Morgan fingerprint density at radius 1 is 0.946 bits per heavy atom. The van der Waals surface area contributed by atoms with Crippen molar-refractivity contribution in [3.8, 4) is 0 Å². The molecule has 0 atom stereocenters. The van der Waals surface area contributed by atoms with E-state index in [4.69, 9.17) is 16.3 Å². The van der Waals surface area contributed by atoms with Gasteiger partial charge in [-0.15, -0.1) is 0 Å². The molecular weight excluding hydrogens is 494 g/mol. The van der Waals surface area contributed by atoms with Crippen LogP contribution in [0, 0.1) is 5.92 Å². The first-order valence-corrected chi connectivity index (χ1v) is 12.3. The number of aromatic nitrogens is 1. The van der Waals surface area contributed by atoms with Crippen LogP contribution in [0.15, 0.2) is 67.0 Å². The van der Waals surface area contributed by atoms with Crippen LogP contribution in [0.25, 0.3) is 0 Å². The quantitative estimate of drug-likeness (QED) is 0.383. The molecule has 0 unspecified atom stereocenters. The number of anilines is 4. The lowest BCUT2D eigenvalue weighted by molar-refractivity contribution is -0.114. The second-order valence-corrected chi connectivity index (χ2v) is 9.20. The fourth-order valence-corrected chi connectivity index (χ4v) is 4.21. The smallest absolute Gasteiger partial charge is 0.411 e. The largest absolute Gasteiger partial charge is 0.449 e. The number of ether oxygens (including phenoxy) is 1. The van der Waals surface area contributed by atoms with Crippen molar-refractivity contribution in [2.45, 2.75) is 19.8 Å².